The zero-order chi connectivity index (χ0) is 15.3. The maximum atomic E-state index is 11.9. The molecule has 0 fully saturated rings. The molecule has 20 heavy (non-hydrogen) atoms. The van der Waals surface area contributed by atoms with Gasteiger partial charge in [0.2, 0.25) is 0 Å². The molecule has 0 heterocycles. The molecule has 0 saturated heterocycles. The van der Waals surface area contributed by atoms with E-state index in [-0.39, 0.29) is 5.41 Å². The number of hydrogen-bond donors (Lipinski definition) is 2. The third-order valence-electron chi connectivity index (χ3n) is 2.86. The van der Waals surface area contributed by atoms with Crippen molar-refractivity contribution in [2.75, 3.05) is 11.9 Å². The predicted octanol–water partition coefficient (Wildman–Crippen LogP) is 2.69. The van der Waals surface area contributed by atoms with Gasteiger partial charge in [-0.1, -0.05) is 52.8 Å². The monoisotopic (exact) mass is 276 g/mol. The first kappa shape index (κ1) is 16.2. The number of nitrogens with one attached hydrogen (secondary N) is 2. The largest absolute Gasteiger partial charge is 0.348 e. The molecule has 110 valence electrons. The quantitative estimate of drug-likeness (QED) is 0.834. The molecule has 4 nitrogen and oxygen atoms in total. The third kappa shape index (κ3) is 4.68. The Morgan fingerprint density at radius 2 is 1.70 bits per heavy atom. The minimum atomic E-state index is -0.623. The molecule has 2 amide bonds. The van der Waals surface area contributed by atoms with Crippen LogP contribution in [0.1, 0.15) is 40.2 Å². The lowest BCUT2D eigenvalue weighted by Gasteiger charge is -2.22. The molecule has 1 rings (SSSR count). The summed E-state index contributed by atoms with van der Waals surface area (Å²) in [4.78, 5) is 23.6. The van der Waals surface area contributed by atoms with Gasteiger partial charge in [-0.05, 0) is 23.0 Å². The van der Waals surface area contributed by atoms with Gasteiger partial charge in [0.15, 0.2) is 0 Å². The predicted molar refractivity (Wildman–Crippen MR) is 81.6 cm³/mol. The number of para-hydroxylation sites is 1. The molecule has 0 aliphatic heterocycles. The molecule has 1 aromatic carbocycles. The van der Waals surface area contributed by atoms with Crippen LogP contribution in [0.15, 0.2) is 24.3 Å². The second kappa shape index (κ2) is 6.55. The van der Waals surface area contributed by atoms with Gasteiger partial charge in [0.05, 0.1) is 0 Å². The normalized spacial score (nSPS) is 11.3. The lowest BCUT2D eigenvalue weighted by molar-refractivity contribution is -0.136. The van der Waals surface area contributed by atoms with Gasteiger partial charge in [-0.25, -0.2) is 0 Å². The van der Waals surface area contributed by atoms with Crippen molar-refractivity contribution in [2.45, 2.75) is 40.0 Å². The molecule has 1 aromatic rings. The summed E-state index contributed by atoms with van der Waals surface area (Å²) in [6.07, 6.45) is 0. The van der Waals surface area contributed by atoms with Crippen molar-refractivity contribution >= 4 is 17.5 Å². The Kier molecular flexibility index (Phi) is 5.31. The standard InChI is InChI=1S/C16H24N2O2/c1-11(2)10-17-14(19)15(20)18-13-9-7-6-8-12(13)16(3,4)5/h6-9,11H,10H2,1-5H3,(H,17,19)(H,18,20). The van der Waals surface area contributed by atoms with Gasteiger partial charge in [0, 0.05) is 12.2 Å². The second-order valence-corrected chi connectivity index (χ2v) is 6.35. The van der Waals surface area contributed by atoms with Crippen molar-refractivity contribution in [1.29, 1.82) is 0 Å². The van der Waals surface area contributed by atoms with Crippen LogP contribution in [0.3, 0.4) is 0 Å². The minimum absolute atomic E-state index is 0.0989. The van der Waals surface area contributed by atoms with Crippen LogP contribution in [0.25, 0.3) is 0 Å². The van der Waals surface area contributed by atoms with Crippen molar-refractivity contribution in [3.8, 4) is 0 Å². The smallest absolute Gasteiger partial charge is 0.313 e. The van der Waals surface area contributed by atoms with E-state index < -0.39 is 11.8 Å². The highest BCUT2D eigenvalue weighted by molar-refractivity contribution is 6.39. The Bertz CT molecular complexity index is 487. The van der Waals surface area contributed by atoms with E-state index in [0.29, 0.717) is 18.2 Å². The number of amides is 2. The van der Waals surface area contributed by atoms with Gasteiger partial charge in [-0.15, -0.1) is 0 Å². The molecule has 0 saturated carbocycles. The van der Waals surface area contributed by atoms with Gasteiger partial charge in [-0.3, -0.25) is 9.59 Å². The lowest BCUT2D eigenvalue weighted by atomic mass is 9.86. The number of hydrogen-bond acceptors (Lipinski definition) is 2. The summed E-state index contributed by atoms with van der Waals surface area (Å²) in [6.45, 7) is 10.7. The molecule has 0 atom stereocenters. The molecule has 0 radical (unpaired) electrons. The van der Waals surface area contributed by atoms with Crippen molar-refractivity contribution < 1.29 is 9.59 Å². The number of rotatable bonds is 3. The van der Waals surface area contributed by atoms with Crippen LogP contribution in [-0.2, 0) is 15.0 Å². The molecule has 0 aliphatic carbocycles. The number of carbonyl (C=O) groups is 2. The number of carbonyl (C=O) groups excluding carboxylic acids is 2. The minimum Gasteiger partial charge on any atom is -0.348 e. The molecule has 0 unspecified atom stereocenters. The van der Waals surface area contributed by atoms with Crippen LogP contribution in [0, 0.1) is 5.92 Å². The SMILES string of the molecule is CC(C)CNC(=O)C(=O)Nc1ccccc1C(C)(C)C. The topological polar surface area (TPSA) is 58.2 Å². The molecule has 0 spiro atoms. The lowest BCUT2D eigenvalue weighted by Crippen LogP contribution is -2.37. The summed E-state index contributed by atoms with van der Waals surface area (Å²) in [5, 5.41) is 5.30. The van der Waals surface area contributed by atoms with Crippen molar-refractivity contribution in [1.82, 2.24) is 5.32 Å². The van der Waals surface area contributed by atoms with Gasteiger partial charge < -0.3 is 10.6 Å². The van der Waals surface area contributed by atoms with Gasteiger partial charge >= 0.3 is 11.8 Å². The number of anilines is 1. The van der Waals surface area contributed by atoms with E-state index in [9.17, 15) is 9.59 Å². The van der Waals surface area contributed by atoms with Crippen LogP contribution >= 0.6 is 0 Å². The van der Waals surface area contributed by atoms with E-state index in [2.05, 4.69) is 31.4 Å². The summed E-state index contributed by atoms with van der Waals surface area (Å²) in [7, 11) is 0. The zero-order valence-corrected chi connectivity index (χ0v) is 12.9. The Hall–Kier alpha value is -1.84. The summed E-state index contributed by atoms with van der Waals surface area (Å²) < 4.78 is 0. The van der Waals surface area contributed by atoms with Crippen molar-refractivity contribution in [3.05, 3.63) is 29.8 Å². The maximum absolute atomic E-state index is 11.9. The Labute approximate surface area is 121 Å². The Balaban J connectivity index is 2.79. The average molecular weight is 276 g/mol. The highest BCUT2D eigenvalue weighted by atomic mass is 16.2. The Morgan fingerprint density at radius 3 is 2.25 bits per heavy atom. The summed E-state index contributed by atoms with van der Waals surface area (Å²) in [6, 6.07) is 7.54. The first-order valence-electron chi connectivity index (χ1n) is 6.90. The van der Waals surface area contributed by atoms with E-state index in [1.165, 1.54) is 0 Å². The number of benzene rings is 1. The summed E-state index contributed by atoms with van der Waals surface area (Å²) >= 11 is 0. The molecular weight excluding hydrogens is 252 g/mol. The molecule has 0 aliphatic rings. The first-order valence-corrected chi connectivity index (χ1v) is 6.90. The molecular formula is C16H24N2O2. The Morgan fingerprint density at radius 1 is 1.10 bits per heavy atom. The summed E-state index contributed by atoms with van der Waals surface area (Å²) in [5.74, 6) is -0.904. The maximum Gasteiger partial charge on any atom is 0.313 e. The zero-order valence-electron chi connectivity index (χ0n) is 12.9. The van der Waals surface area contributed by atoms with Gasteiger partial charge in [0.25, 0.3) is 0 Å². The van der Waals surface area contributed by atoms with Crippen LogP contribution in [0.5, 0.6) is 0 Å². The molecule has 0 aromatic heterocycles. The fourth-order valence-corrected chi connectivity index (χ4v) is 1.80. The van der Waals surface area contributed by atoms with E-state index in [1.807, 2.05) is 38.1 Å². The fourth-order valence-electron chi connectivity index (χ4n) is 1.80. The van der Waals surface area contributed by atoms with E-state index in [0.717, 1.165) is 5.56 Å². The van der Waals surface area contributed by atoms with Crippen LogP contribution < -0.4 is 10.6 Å². The van der Waals surface area contributed by atoms with Crippen LogP contribution in [0.4, 0.5) is 5.69 Å². The fraction of sp³-hybridized carbons (Fsp3) is 0.500. The van der Waals surface area contributed by atoms with Gasteiger partial charge in [-0.2, -0.15) is 0 Å². The molecule has 4 heteroatoms. The second-order valence-electron chi connectivity index (χ2n) is 6.35. The highest BCUT2D eigenvalue weighted by Crippen LogP contribution is 2.29. The first-order chi connectivity index (χ1) is 9.21. The molecule has 2 N–H and O–H groups in total. The highest BCUT2D eigenvalue weighted by Gasteiger charge is 2.20. The van der Waals surface area contributed by atoms with Gasteiger partial charge in [0.1, 0.15) is 0 Å². The van der Waals surface area contributed by atoms with Crippen molar-refractivity contribution in [2.24, 2.45) is 5.92 Å². The van der Waals surface area contributed by atoms with E-state index >= 15 is 0 Å². The van der Waals surface area contributed by atoms with E-state index in [1.54, 1.807) is 0 Å². The van der Waals surface area contributed by atoms with Crippen molar-refractivity contribution in [3.63, 3.8) is 0 Å². The van der Waals surface area contributed by atoms with Crippen LogP contribution in [-0.4, -0.2) is 18.4 Å². The average Bonchev–Trinajstić information content (AvgIpc) is 2.35. The van der Waals surface area contributed by atoms with E-state index in [4.69, 9.17) is 0 Å². The third-order valence-corrected chi connectivity index (χ3v) is 2.86. The summed E-state index contributed by atoms with van der Waals surface area (Å²) in [5.41, 5.74) is 1.59. The molecule has 0 bridgehead atoms. The van der Waals surface area contributed by atoms with Crippen LogP contribution in [0.2, 0.25) is 0 Å².